The minimum Gasteiger partial charge on any atom is -0.508 e. The Morgan fingerprint density at radius 1 is 1.52 bits per heavy atom. The summed E-state index contributed by atoms with van der Waals surface area (Å²) < 4.78 is 0. The van der Waals surface area contributed by atoms with Crippen molar-refractivity contribution in [3.05, 3.63) is 40.9 Å². The second kappa shape index (κ2) is 6.97. The summed E-state index contributed by atoms with van der Waals surface area (Å²) in [5.41, 5.74) is 7.03. The summed E-state index contributed by atoms with van der Waals surface area (Å²) in [5.74, 6) is 0.118. The first-order valence-electron chi connectivity index (χ1n) is 7.62. The van der Waals surface area contributed by atoms with Gasteiger partial charge in [-0.15, -0.1) is 11.3 Å². The van der Waals surface area contributed by atoms with Crippen LogP contribution >= 0.6 is 11.3 Å². The number of anilines is 1. The number of nitrogens with two attached hydrogens (primary N) is 1. The van der Waals surface area contributed by atoms with Gasteiger partial charge in [-0.2, -0.15) is 0 Å². The third-order valence-electron chi connectivity index (χ3n) is 3.91. The van der Waals surface area contributed by atoms with Gasteiger partial charge in [0, 0.05) is 24.5 Å². The van der Waals surface area contributed by atoms with E-state index in [0.717, 1.165) is 38.0 Å². The van der Waals surface area contributed by atoms with Crippen LogP contribution in [0.3, 0.4) is 0 Å². The zero-order valence-electron chi connectivity index (χ0n) is 12.7. The van der Waals surface area contributed by atoms with Gasteiger partial charge < -0.3 is 16.2 Å². The number of rotatable bonds is 4. The van der Waals surface area contributed by atoms with Crippen molar-refractivity contribution in [1.82, 2.24) is 15.2 Å². The normalized spacial score (nSPS) is 18.7. The van der Waals surface area contributed by atoms with Gasteiger partial charge in [0.05, 0.1) is 0 Å². The number of likely N-dealkylation sites (tertiary alicyclic amines) is 1. The Morgan fingerprint density at radius 2 is 2.39 bits per heavy atom. The number of aromatic nitrogens is 1. The van der Waals surface area contributed by atoms with E-state index in [9.17, 15) is 9.90 Å². The Labute approximate surface area is 139 Å². The van der Waals surface area contributed by atoms with E-state index in [1.165, 1.54) is 11.3 Å². The van der Waals surface area contributed by atoms with Gasteiger partial charge in [0.15, 0.2) is 5.13 Å². The van der Waals surface area contributed by atoms with Gasteiger partial charge >= 0.3 is 0 Å². The molecule has 0 saturated carbocycles. The fourth-order valence-corrected chi connectivity index (χ4v) is 3.42. The van der Waals surface area contributed by atoms with E-state index in [1.54, 1.807) is 17.5 Å². The Hall–Kier alpha value is -2.12. The Balaban J connectivity index is 1.56. The molecule has 1 fully saturated rings. The number of carbonyl (C=O) groups excluding carboxylic acids is 1. The molecular weight excluding hydrogens is 312 g/mol. The molecule has 0 bridgehead atoms. The van der Waals surface area contributed by atoms with Crippen molar-refractivity contribution in [2.45, 2.75) is 25.4 Å². The molecule has 1 amide bonds. The van der Waals surface area contributed by atoms with Crippen molar-refractivity contribution >= 4 is 22.4 Å². The third-order valence-corrected chi connectivity index (χ3v) is 4.59. The second-order valence-corrected chi connectivity index (χ2v) is 6.68. The number of phenols is 1. The molecule has 3 rings (SSSR count). The highest BCUT2D eigenvalue weighted by Gasteiger charge is 2.22. The molecule has 1 saturated heterocycles. The van der Waals surface area contributed by atoms with Crippen molar-refractivity contribution in [2.24, 2.45) is 0 Å². The van der Waals surface area contributed by atoms with Crippen LogP contribution in [0.1, 0.15) is 28.9 Å². The third kappa shape index (κ3) is 4.20. The number of phenolic OH excluding ortho intramolecular Hbond substituents is 1. The number of thiazole rings is 1. The number of piperidine rings is 1. The van der Waals surface area contributed by atoms with E-state index in [-0.39, 0.29) is 17.7 Å². The molecule has 122 valence electrons. The summed E-state index contributed by atoms with van der Waals surface area (Å²) in [6.07, 6.45) is 1.99. The maximum Gasteiger partial charge on any atom is 0.271 e. The lowest BCUT2D eigenvalue weighted by atomic mass is 10.0. The molecule has 1 aliphatic rings. The summed E-state index contributed by atoms with van der Waals surface area (Å²) in [7, 11) is 0. The standard InChI is InChI=1S/C16H20N4O2S/c17-16-19-14(10-23-16)15(22)18-12-4-2-6-20(9-12)8-11-3-1-5-13(21)7-11/h1,3,5,7,10,12,21H,2,4,6,8-9H2,(H2,17,19)(H,18,22)/t12-/m1/s1. The molecule has 1 atom stereocenters. The number of hydrogen-bond donors (Lipinski definition) is 3. The quantitative estimate of drug-likeness (QED) is 0.794. The highest BCUT2D eigenvalue weighted by Crippen LogP contribution is 2.17. The first kappa shape index (κ1) is 15.8. The van der Waals surface area contributed by atoms with E-state index in [1.807, 2.05) is 12.1 Å². The molecular formula is C16H20N4O2S. The molecule has 2 heterocycles. The molecule has 1 aromatic heterocycles. The van der Waals surface area contributed by atoms with Crippen molar-refractivity contribution in [1.29, 1.82) is 0 Å². The van der Waals surface area contributed by atoms with Crippen molar-refractivity contribution in [3.8, 4) is 5.75 Å². The molecule has 0 aliphatic carbocycles. The van der Waals surface area contributed by atoms with Crippen LogP contribution in [0.5, 0.6) is 5.75 Å². The topological polar surface area (TPSA) is 91.5 Å². The van der Waals surface area contributed by atoms with E-state index >= 15 is 0 Å². The van der Waals surface area contributed by atoms with E-state index in [2.05, 4.69) is 15.2 Å². The van der Waals surface area contributed by atoms with Crippen LogP contribution in [0.4, 0.5) is 5.13 Å². The minimum absolute atomic E-state index is 0.108. The number of nitrogens with zero attached hydrogens (tertiary/aromatic N) is 2. The maximum atomic E-state index is 12.2. The molecule has 7 heteroatoms. The monoisotopic (exact) mass is 332 g/mol. The molecule has 0 unspecified atom stereocenters. The summed E-state index contributed by atoms with van der Waals surface area (Å²) in [6.45, 7) is 2.55. The van der Waals surface area contributed by atoms with Crippen LogP contribution in [0.2, 0.25) is 0 Å². The zero-order chi connectivity index (χ0) is 16.2. The Morgan fingerprint density at radius 3 is 3.13 bits per heavy atom. The van der Waals surface area contributed by atoms with Crippen LogP contribution in [-0.2, 0) is 6.54 Å². The van der Waals surface area contributed by atoms with Crippen LogP contribution in [0.15, 0.2) is 29.6 Å². The van der Waals surface area contributed by atoms with E-state index in [4.69, 9.17) is 5.73 Å². The largest absolute Gasteiger partial charge is 0.508 e. The maximum absolute atomic E-state index is 12.2. The summed E-state index contributed by atoms with van der Waals surface area (Å²) >= 11 is 1.27. The summed E-state index contributed by atoms with van der Waals surface area (Å²) in [4.78, 5) is 18.5. The predicted octanol–water partition coefficient (Wildman–Crippen LogP) is 1.83. The molecule has 23 heavy (non-hydrogen) atoms. The van der Waals surface area contributed by atoms with Crippen molar-refractivity contribution in [2.75, 3.05) is 18.8 Å². The van der Waals surface area contributed by atoms with Crippen molar-refractivity contribution in [3.63, 3.8) is 0 Å². The first-order valence-corrected chi connectivity index (χ1v) is 8.50. The summed E-state index contributed by atoms with van der Waals surface area (Å²) in [5, 5.41) is 14.7. The fourth-order valence-electron chi connectivity index (χ4n) is 2.88. The molecule has 1 aliphatic heterocycles. The SMILES string of the molecule is Nc1nc(C(=O)N[C@@H]2CCCN(Cc3cccc(O)c3)C2)cs1. The zero-order valence-corrected chi connectivity index (χ0v) is 13.6. The lowest BCUT2D eigenvalue weighted by Crippen LogP contribution is -2.47. The molecule has 6 nitrogen and oxygen atoms in total. The van der Waals surface area contributed by atoms with Gasteiger partial charge in [-0.1, -0.05) is 12.1 Å². The number of hydrogen-bond acceptors (Lipinski definition) is 6. The van der Waals surface area contributed by atoms with Crippen LogP contribution < -0.4 is 11.1 Å². The van der Waals surface area contributed by atoms with Gasteiger partial charge in [-0.25, -0.2) is 4.98 Å². The number of amides is 1. The molecule has 2 aromatic rings. The fraction of sp³-hybridized carbons (Fsp3) is 0.375. The number of benzene rings is 1. The lowest BCUT2D eigenvalue weighted by Gasteiger charge is -2.33. The summed E-state index contributed by atoms with van der Waals surface area (Å²) in [6, 6.07) is 7.40. The van der Waals surface area contributed by atoms with Gasteiger partial charge in [0.25, 0.3) is 5.91 Å². The lowest BCUT2D eigenvalue weighted by molar-refractivity contribution is 0.0896. The minimum atomic E-state index is -0.165. The van der Waals surface area contributed by atoms with Gasteiger partial charge in [-0.05, 0) is 37.1 Å². The first-order chi connectivity index (χ1) is 11.1. The number of carbonyl (C=O) groups is 1. The van der Waals surface area contributed by atoms with Gasteiger partial charge in [0.1, 0.15) is 11.4 Å². The number of nitrogens with one attached hydrogen (secondary N) is 1. The van der Waals surface area contributed by atoms with E-state index < -0.39 is 0 Å². The van der Waals surface area contributed by atoms with Crippen LogP contribution in [0.25, 0.3) is 0 Å². The highest BCUT2D eigenvalue weighted by molar-refractivity contribution is 7.13. The smallest absolute Gasteiger partial charge is 0.271 e. The predicted molar refractivity (Wildman–Crippen MR) is 90.4 cm³/mol. The molecule has 4 N–H and O–H groups in total. The average Bonchev–Trinajstić information content (AvgIpc) is 2.94. The number of nitrogen functional groups attached to an aromatic ring is 1. The molecule has 0 spiro atoms. The molecule has 0 radical (unpaired) electrons. The highest BCUT2D eigenvalue weighted by atomic mass is 32.1. The Bertz CT molecular complexity index is 688. The average molecular weight is 332 g/mol. The molecule has 1 aromatic carbocycles. The number of aromatic hydroxyl groups is 1. The second-order valence-electron chi connectivity index (χ2n) is 5.79. The van der Waals surface area contributed by atoms with Gasteiger partial charge in [0.2, 0.25) is 0 Å². The van der Waals surface area contributed by atoms with Crippen LogP contribution in [0, 0.1) is 0 Å². The van der Waals surface area contributed by atoms with E-state index in [0.29, 0.717) is 10.8 Å². The Kier molecular flexibility index (Phi) is 4.78. The van der Waals surface area contributed by atoms with Gasteiger partial charge in [-0.3, -0.25) is 9.69 Å². The van der Waals surface area contributed by atoms with Crippen molar-refractivity contribution < 1.29 is 9.90 Å². The van der Waals surface area contributed by atoms with Crippen LogP contribution in [-0.4, -0.2) is 40.0 Å².